The lowest BCUT2D eigenvalue weighted by molar-refractivity contribution is 0.463. The first kappa shape index (κ1) is 16.7. The van der Waals surface area contributed by atoms with Gasteiger partial charge in [-0.05, 0) is 18.2 Å². The molecule has 0 radical (unpaired) electrons. The molecular weight excluding hydrogens is 405 g/mol. The molecule has 0 saturated heterocycles. The first-order valence-electron chi connectivity index (χ1n) is 5.00. The molecule has 0 aliphatic rings. The van der Waals surface area contributed by atoms with Gasteiger partial charge >= 0.3 is 0 Å². The summed E-state index contributed by atoms with van der Waals surface area (Å²) in [5.74, 6) is -0.182. The Balaban J connectivity index is 2.56. The molecule has 0 aliphatic heterocycles. The lowest BCUT2D eigenvalue weighted by Gasteiger charge is -2.11. The number of phenols is 1. The molecule has 0 atom stereocenters. The fourth-order valence-electron chi connectivity index (χ4n) is 1.37. The van der Waals surface area contributed by atoms with Crippen LogP contribution in [0.25, 0.3) is 0 Å². The van der Waals surface area contributed by atoms with E-state index in [1.165, 1.54) is 12.1 Å². The highest BCUT2D eigenvalue weighted by molar-refractivity contribution is 7.99. The van der Waals surface area contributed by atoms with Crippen molar-refractivity contribution in [3.05, 3.63) is 48.3 Å². The van der Waals surface area contributed by atoms with Crippen LogP contribution in [0.2, 0.25) is 30.1 Å². The van der Waals surface area contributed by atoms with E-state index in [2.05, 4.69) is 0 Å². The van der Waals surface area contributed by atoms with Crippen molar-refractivity contribution in [3.8, 4) is 5.75 Å². The van der Waals surface area contributed by atoms with E-state index >= 15 is 0 Å². The summed E-state index contributed by atoms with van der Waals surface area (Å²) in [6.45, 7) is 0. The normalized spacial score (nSPS) is 10.9. The average molecular weight is 409 g/mol. The van der Waals surface area contributed by atoms with Gasteiger partial charge in [-0.1, -0.05) is 81.4 Å². The van der Waals surface area contributed by atoms with E-state index in [1.807, 2.05) is 0 Å². The van der Waals surface area contributed by atoms with Gasteiger partial charge in [0.15, 0.2) is 0 Å². The maximum atomic E-state index is 9.99. The fourth-order valence-corrected chi connectivity index (χ4v) is 4.06. The molecular formula is C12H4Cl6OS. The van der Waals surface area contributed by atoms with Gasteiger partial charge in [0.2, 0.25) is 0 Å². The van der Waals surface area contributed by atoms with Crippen LogP contribution in [0, 0.1) is 0 Å². The van der Waals surface area contributed by atoms with Crippen molar-refractivity contribution >= 4 is 81.4 Å². The Labute approximate surface area is 149 Å². The van der Waals surface area contributed by atoms with Crippen LogP contribution in [-0.4, -0.2) is 5.11 Å². The minimum Gasteiger partial charge on any atom is -0.505 e. The Kier molecular flexibility index (Phi) is 5.52. The van der Waals surface area contributed by atoms with Crippen LogP contribution < -0.4 is 0 Å². The molecule has 0 fully saturated rings. The zero-order valence-electron chi connectivity index (χ0n) is 9.36. The first-order chi connectivity index (χ1) is 9.31. The van der Waals surface area contributed by atoms with Gasteiger partial charge in [0, 0.05) is 9.92 Å². The van der Waals surface area contributed by atoms with Crippen LogP contribution in [-0.2, 0) is 0 Å². The van der Waals surface area contributed by atoms with E-state index in [0.717, 1.165) is 11.8 Å². The third kappa shape index (κ3) is 3.38. The van der Waals surface area contributed by atoms with Gasteiger partial charge in [0.25, 0.3) is 0 Å². The molecule has 2 rings (SSSR count). The molecule has 2 aromatic rings. The average Bonchev–Trinajstić information content (AvgIpc) is 2.37. The summed E-state index contributed by atoms with van der Waals surface area (Å²) in [7, 11) is 0. The highest BCUT2D eigenvalue weighted by atomic mass is 35.5. The second-order valence-corrected chi connectivity index (χ2v) is 7.10. The van der Waals surface area contributed by atoms with E-state index < -0.39 is 0 Å². The van der Waals surface area contributed by atoms with Crippen molar-refractivity contribution in [3.63, 3.8) is 0 Å². The maximum absolute atomic E-state index is 9.99. The van der Waals surface area contributed by atoms with E-state index in [4.69, 9.17) is 69.6 Å². The summed E-state index contributed by atoms with van der Waals surface area (Å²) >= 11 is 36.9. The smallest absolute Gasteiger partial charge is 0.149 e. The van der Waals surface area contributed by atoms with Crippen molar-refractivity contribution in [1.82, 2.24) is 0 Å². The summed E-state index contributed by atoms with van der Waals surface area (Å²) in [5, 5.41) is 11.5. The number of hydrogen-bond donors (Lipinski definition) is 1. The van der Waals surface area contributed by atoms with Crippen molar-refractivity contribution in [1.29, 1.82) is 0 Å². The zero-order valence-corrected chi connectivity index (χ0v) is 14.7. The predicted molar refractivity (Wildman–Crippen MR) is 88.7 cm³/mol. The molecule has 106 valence electrons. The Morgan fingerprint density at radius 2 is 1.35 bits per heavy atom. The molecule has 0 unspecified atom stereocenters. The topological polar surface area (TPSA) is 20.2 Å². The lowest BCUT2D eigenvalue weighted by atomic mass is 10.3. The number of hydrogen-bond acceptors (Lipinski definition) is 2. The second kappa shape index (κ2) is 6.62. The Morgan fingerprint density at radius 1 is 0.750 bits per heavy atom. The molecule has 0 saturated carbocycles. The van der Waals surface area contributed by atoms with Crippen LogP contribution in [0.5, 0.6) is 5.75 Å². The van der Waals surface area contributed by atoms with Crippen molar-refractivity contribution in [2.24, 2.45) is 0 Å². The summed E-state index contributed by atoms with van der Waals surface area (Å²) in [5.41, 5.74) is 0. The monoisotopic (exact) mass is 406 g/mol. The third-order valence-corrected chi connectivity index (χ3v) is 5.74. The van der Waals surface area contributed by atoms with E-state index in [0.29, 0.717) is 20.0 Å². The van der Waals surface area contributed by atoms with Crippen molar-refractivity contribution in [2.75, 3.05) is 0 Å². The number of rotatable bonds is 2. The standard InChI is InChI=1S/C12H4Cl6OS/c13-4-1-5(14)9(17)8(2-4)20-12-10(18)6(15)3-7(16)11(12)19/h1-3,19H. The van der Waals surface area contributed by atoms with Crippen LogP contribution >= 0.6 is 81.4 Å². The van der Waals surface area contributed by atoms with Crippen LogP contribution in [0.4, 0.5) is 0 Å². The summed E-state index contributed by atoms with van der Waals surface area (Å²) in [6.07, 6.45) is 0. The Bertz CT molecular complexity index is 662. The highest BCUT2D eigenvalue weighted by Gasteiger charge is 2.18. The summed E-state index contributed by atoms with van der Waals surface area (Å²) in [6, 6.07) is 4.48. The van der Waals surface area contributed by atoms with Gasteiger partial charge in [0.1, 0.15) is 5.75 Å². The minimum atomic E-state index is -0.182. The number of phenolic OH excluding ortho intramolecular Hbond substituents is 1. The predicted octanol–water partition coefficient (Wildman–Crippen LogP) is 7.46. The SMILES string of the molecule is Oc1c(Cl)cc(Cl)c(Cl)c1Sc1cc(Cl)cc(Cl)c1Cl. The molecule has 0 aromatic heterocycles. The second-order valence-electron chi connectivity index (χ2n) is 3.63. The quantitative estimate of drug-likeness (QED) is 0.520. The van der Waals surface area contributed by atoms with Gasteiger partial charge in [-0.2, -0.15) is 0 Å². The third-order valence-electron chi connectivity index (χ3n) is 2.28. The Morgan fingerprint density at radius 3 is 2.00 bits per heavy atom. The van der Waals surface area contributed by atoms with E-state index in [9.17, 15) is 5.11 Å². The lowest BCUT2D eigenvalue weighted by Crippen LogP contribution is -1.83. The maximum Gasteiger partial charge on any atom is 0.149 e. The van der Waals surface area contributed by atoms with Gasteiger partial charge < -0.3 is 5.11 Å². The fraction of sp³-hybridized carbons (Fsp3) is 0. The highest BCUT2D eigenvalue weighted by Crippen LogP contribution is 2.49. The summed E-state index contributed by atoms with van der Waals surface area (Å²) < 4.78 is 0. The van der Waals surface area contributed by atoms with E-state index in [1.54, 1.807) is 6.07 Å². The van der Waals surface area contributed by atoms with Gasteiger partial charge in [-0.3, -0.25) is 0 Å². The van der Waals surface area contributed by atoms with Crippen LogP contribution in [0.15, 0.2) is 28.0 Å². The number of benzene rings is 2. The van der Waals surface area contributed by atoms with Crippen LogP contribution in [0.1, 0.15) is 0 Å². The van der Waals surface area contributed by atoms with E-state index in [-0.39, 0.29) is 25.7 Å². The first-order valence-corrected chi connectivity index (χ1v) is 8.08. The number of aromatic hydroxyl groups is 1. The molecule has 0 amide bonds. The van der Waals surface area contributed by atoms with Gasteiger partial charge in [-0.25, -0.2) is 0 Å². The largest absolute Gasteiger partial charge is 0.505 e. The number of halogens is 6. The van der Waals surface area contributed by atoms with Gasteiger partial charge in [0.05, 0.1) is 30.0 Å². The molecule has 8 heteroatoms. The summed E-state index contributed by atoms with van der Waals surface area (Å²) in [4.78, 5) is 0.809. The molecule has 0 spiro atoms. The molecule has 1 N–H and O–H groups in total. The Hall–Kier alpha value is 0.330. The van der Waals surface area contributed by atoms with Crippen molar-refractivity contribution in [2.45, 2.75) is 9.79 Å². The zero-order chi connectivity index (χ0) is 15.0. The van der Waals surface area contributed by atoms with Crippen LogP contribution in [0.3, 0.4) is 0 Å². The molecule has 1 nitrogen and oxygen atoms in total. The molecule has 0 aliphatic carbocycles. The molecule has 0 heterocycles. The molecule has 20 heavy (non-hydrogen) atoms. The molecule has 0 bridgehead atoms. The molecule has 2 aromatic carbocycles. The minimum absolute atomic E-state index is 0.0890. The van der Waals surface area contributed by atoms with Gasteiger partial charge in [-0.15, -0.1) is 0 Å². The van der Waals surface area contributed by atoms with Crippen molar-refractivity contribution < 1.29 is 5.11 Å².